The quantitative estimate of drug-likeness (QED) is 0.697. The van der Waals surface area contributed by atoms with Crippen molar-refractivity contribution in [2.24, 2.45) is 0 Å². The summed E-state index contributed by atoms with van der Waals surface area (Å²) in [6.07, 6.45) is 1.51. The molecule has 6 nitrogen and oxygen atoms in total. The number of hydrogen-bond donors (Lipinski definition) is 2. The van der Waals surface area contributed by atoms with E-state index in [0.717, 1.165) is 5.56 Å². The topological polar surface area (TPSA) is 80.4 Å². The highest BCUT2D eigenvalue weighted by Gasteiger charge is 2.19. The number of hydrogen-bond acceptors (Lipinski definition) is 4. The number of ether oxygens (including phenoxy) is 2. The Balaban J connectivity index is 2.05. The fraction of sp³-hybridized carbons (Fsp3) is 0.100. The van der Waals surface area contributed by atoms with Gasteiger partial charge in [-0.1, -0.05) is 41.9 Å². The van der Waals surface area contributed by atoms with Crippen molar-refractivity contribution in [2.45, 2.75) is 0 Å². The third-order valence-electron chi connectivity index (χ3n) is 3.99. The Morgan fingerprint density at radius 1 is 1.04 bits per heavy atom. The zero-order valence-corrected chi connectivity index (χ0v) is 15.5. The first-order chi connectivity index (χ1) is 13.0. The smallest absolute Gasteiger partial charge is 0.262 e. The van der Waals surface area contributed by atoms with E-state index in [-0.39, 0.29) is 5.56 Å². The van der Waals surface area contributed by atoms with Crippen LogP contribution in [0, 0.1) is 0 Å². The number of aromatic nitrogens is 1. The number of rotatable bonds is 5. The number of carbonyl (C=O) groups is 1. The summed E-state index contributed by atoms with van der Waals surface area (Å²) in [5.74, 6) is 0.152. The molecule has 0 aliphatic heterocycles. The van der Waals surface area contributed by atoms with Crippen molar-refractivity contribution < 1.29 is 14.3 Å². The van der Waals surface area contributed by atoms with Gasteiger partial charge in [-0.3, -0.25) is 9.59 Å². The molecular formula is C20H17ClN2O4. The molecule has 0 radical (unpaired) electrons. The molecule has 1 heterocycles. The van der Waals surface area contributed by atoms with Crippen molar-refractivity contribution in [3.63, 3.8) is 0 Å². The van der Waals surface area contributed by atoms with Gasteiger partial charge in [0.25, 0.3) is 11.5 Å². The Bertz CT molecular complexity index is 1030. The first-order valence-electron chi connectivity index (χ1n) is 8.05. The zero-order valence-electron chi connectivity index (χ0n) is 14.7. The SMILES string of the molecule is COc1cc(NC(=O)c2c(-c3ccccc3)cc[nH]c2=O)c(OC)cc1Cl. The lowest BCUT2D eigenvalue weighted by atomic mass is 10.0. The van der Waals surface area contributed by atoms with E-state index in [1.165, 1.54) is 26.5 Å². The van der Waals surface area contributed by atoms with Gasteiger partial charge in [-0.05, 0) is 11.6 Å². The van der Waals surface area contributed by atoms with Gasteiger partial charge in [0.15, 0.2) is 0 Å². The molecule has 7 heteroatoms. The number of pyridine rings is 1. The zero-order chi connectivity index (χ0) is 19.4. The van der Waals surface area contributed by atoms with Crippen LogP contribution in [0.15, 0.2) is 59.5 Å². The van der Waals surface area contributed by atoms with Crippen LogP contribution in [0.5, 0.6) is 11.5 Å². The number of nitrogens with one attached hydrogen (secondary N) is 2. The summed E-state index contributed by atoms with van der Waals surface area (Å²) in [6.45, 7) is 0. The molecule has 27 heavy (non-hydrogen) atoms. The van der Waals surface area contributed by atoms with Crippen LogP contribution in [0.3, 0.4) is 0 Å². The van der Waals surface area contributed by atoms with Crippen LogP contribution in [0.2, 0.25) is 5.02 Å². The number of amides is 1. The van der Waals surface area contributed by atoms with Gasteiger partial charge in [-0.25, -0.2) is 0 Å². The van der Waals surface area contributed by atoms with E-state index in [9.17, 15) is 9.59 Å². The second-order valence-corrected chi connectivity index (χ2v) is 6.01. The molecule has 0 saturated heterocycles. The molecule has 3 rings (SSSR count). The maximum Gasteiger partial charge on any atom is 0.262 e. The van der Waals surface area contributed by atoms with E-state index in [2.05, 4.69) is 10.3 Å². The van der Waals surface area contributed by atoms with Crippen LogP contribution < -0.4 is 20.3 Å². The molecule has 1 aromatic heterocycles. The molecular weight excluding hydrogens is 368 g/mol. The van der Waals surface area contributed by atoms with E-state index in [4.69, 9.17) is 21.1 Å². The van der Waals surface area contributed by atoms with Crippen LogP contribution in [0.25, 0.3) is 11.1 Å². The molecule has 3 aromatic rings. The van der Waals surface area contributed by atoms with Crippen LogP contribution in [0.4, 0.5) is 5.69 Å². The van der Waals surface area contributed by atoms with E-state index in [1.54, 1.807) is 12.1 Å². The molecule has 0 fully saturated rings. The van der Waals surface area contributed by atoms with Crippen molar-refractivity contribution in [2.75, 3.05) is 19.5 Å². The fourth-order valence-corrected chi connectivity index (χ4v) is 2.94. The van der Waals surface area contributed by atoms with Crippen LogP contribution in [-0.4, -0.2) is 25.1 Å². The van der Waals surface area contributed by atoms with Gasteiger partial charge in [0.2, 0.25) is 0 Å². The summed E-state index contributed by atoms with van der Waals surface area (Å²) in [7, 11) is 2.92. The van der Waals surface area contributed by atoms with E-state index >= 15 is 0 Å². The molecule has 0 saturated carbocycles. The van der Waals surface area contributed by atoms with Crippen molar-refractivity contribution in [1.82, 2.24) is 4.98 Å². The minimum absolute atomic E-state index is 0.000306. The molecule has 2 aromatic carbocycles. The predicted octanol–water partition coefficient (Wildman–Crippen LogP) is 3.96. The Morgan fingerprint density at radius 2 is 1.74 bits per heavy atom. The third kappa shape index (κ3) is 3.80. The molecule has 2 N–H and O–H groups in total. The third-order valence-corrected chi connectivity index (χ3v) is 4.29. The summed E-state index contributed by atoms with van der Waals surface area (Å²) in [6, 6.07) is 14.0. The van der Waals surface area contributed by atoms with Crippen molar-refractivity contribution in [3.05, 3.63) is 75.7 Å². The first-order valence-corrected chi connectivity index (χ1v) is 8.43. The average Bonchev–Trinajstić information content (AvgIpc) is 2.69. The molecule has 0 unspecified atom stereocenters. The summed E-state index contributed by atoms with van der Waals surface area (Å²) in [5.41, 5.74) is 1.13. The molecule has 0 spiro atoms. The minimum Gasteiger partial charge on any atom is -0.495 e. The number of halogens is 1. The van der Waals surface area contributed by atoms with Gasteiger partial charge < -0.3 is 19.8 Å². The van der Waals surface area contributed by atoms with Crippen molar-refractivity contribution in [3.8, 4) is 22.6 Å². The highest BCUT2D eigenvalue weighted by Crippen LogP contribution is 2.36. The predicted molar refractivity (Wildman–Crippen MR) is 105 cm³/mol. The number of methoxy groups -OCH3 is 2. The maximum absolute atomic E-state index is 12.9. The lowest BCUT2D eigenvalue weighted by molar-refractivity contribution is 0.102. The Kier molecular flexibility index (Phi) is 5.47. The average molecular weight is 385 g/mol. The normalized spacial score (nSPS) is 10.3. The van der Waals surface area contributed by atoms with Gasteiger partial charge in [0, 0.05) is 23.9 Å². The van der Waals surface area contributed by atoms with Crippen molar-refractivity contribution in [1.29, 1.82) is 0 Å². The molecule has 0 aliphatic rings. The lowest BCUT2D eigenvalue weighted by Gasteiger charge is -2.14. The standard InChI is InChI=1S/C20H17ClN2O4/c1-26-16-11-15(17(27-2)10-14(16)21)23-20(25)18-13(8-9-22-19(18)24)12-6-4-3-5-7-12/h3-11H,1-2H3,(H,22,24)(H,23,25). The Morgan fingerprint density at radius 3 is 2.41 bits per heavy atom. The summed E-state index contributed by atoms with van der Waals surface area (Å²) < 4.78 is 10.4. The number of benzene rings is 2. The molecule has 0 aliphatic carbocycles. The van der Waals surface area contributed by atoms with E-state index in [1.807, 2.05) is 30.3 Å². The van der Waals surface area contributed by atoms with Gasteiger partial charge >= 0.3 is 0 Å². The summed E-state index contributed by atoms with van der Waals surface area (Å²) >= 11 is 6.09. The van der Waals surface area contributed by atoms with Crippen LogP contribution in [0.1, 0.15) is 10.4 Å². The lowest BCUT2D eigenvalue weighted by Crippen LogP contribution is -2.24. The monoisotopic (exact) mass is 384 g/mol. The van der Waals surface area contributed by atoms with Crippen LogP contribution >= 0.6 is 11.6 Å². The molecule has 1 amide bonds. The largest absolute Gasteiger partial charge is 0.495 e. The highest BCUT2D eigenvalue weighted by atomic mass is 35.5. The first kappa shape index (κ1) is 18.5. The molecule has 0 atom stereocenters. The minimum atomic E-state index is -0.571. The summed E-state index contributed by atoms with van der Waals surface area (Å²) in [5, 5.41) is 3.05. The van der Waals surface area contributed by atoms with E-state index < -0.39 is 11.5 Å². The Labute approximate surface area is 160 Å². The summed E-state index contributed by atoms with van der Waals surface area (Å²) in [4.78, 5) is 27.8. The van der Waals surface area contributed by atoms with Gasteiger partial charge in [0.1, 0.15) is 17.1 Å². The highest BCUT2D eigenvalue weighted by molar-refractivity contribution is 6.32. The van der Waals surface area contributed by atoms with Gasteiger partial charge in [-0.2, -0.15) is 0 Å². The second-order valence-electron chi connectivity index (χ2n) is 5.60. The van der Waals surface area contributed by atoms with E-state index in [0.29, 0.717) is 27.8 Å². The number of aromatic amines is 1. The van der Waals surface area contributed by atoms with Gasteiger partial charge in [0.05, 0.1) is 24.9 Å². The second kappa shape index (κ2) is 7.97. The number of carbonyl (C=O) groups excluding carboxylic acids is 1. The number of H-pyrrole nitrogens is 1. The van der Waals surface area contributed by atoms with Crippen molar-refractivity contribution >= 4 is 23.2 Å². The van der Waals surface area contributed by atoms with Gasteiger partial charge in [-0.15, -0.1) is 0 Å². The fourth-order valence-electron chi connectivity index (χ4n) is 2.71. The molecule has 0 bridgehead atoms. The Hall–Kier alpha value is -3.25. The molecule has 138 valence electrons. The van der Waals surface area contributed by atoms with Crippen LogP contribution in [-0.2, 0) is 0 Å². The number of anilines is 1. The maximum atomic E-state index is 12.9.